The van der Waals surface area contributed by atoms with Crippen LogP contribution in [0.4, 0.5) is 5.69 Å². The Morgan fingerprint density at radius 2 is 1.96 bits per heavy atom. The molecule has 0 fully saturated rings. The van der Waals surface area contributed by atoms with Crippen molar-refractivity contribution < 1.29 is 14.7 Å². The van der Waals surface area contributed by atoms with Crippen molar-refractivity contribution in [3.05, 3.63) is 71.4 Å². The lowest BCUT2D eigenvalue weighted by molar-refractivity contribution is -0.116. The smallest absolute Gasteiger partial charge is 0.238 e. The van der Waals surface area contributed by atoms with E-state index in [9.17, 15) is 9.59 Å². The summed E-state index contributed by atoms with van der Waals surface area (Å²) in [6.45, 7) is -0.0135. The molecule has 1 amide bonds. The zero-order valence-electron chi connectivity index (χ0n) is 14.1. The van der Waals surface area contributed by atoms with Crippen LogP contribution in [0.2, 0.25) is 0 Å². The second kappa shape index (κ2) is 6.69. The minimum atomic E-state index is -0.528. The normalized spacial score (nSPS) is 15.7. The van der Waals surface area contributed by atoms with E-state index in [1.165, 1.54) is 0 Å². The number of Topliss-reactive ketones (excluding diaryl/α,β-unsaturated/α-hetero) is 1. The van der Waals surface area contributed by atoms with Crippen molar-refractivity contribution in [3.8, 4) is 0 Å². The largest absolute Gasteiger partial charge is 0.396 e. The zero-order chi connectivity index (χ0) is 18.1. The van der Waals surface area contributed by atoms with Crippen LogP contribution in [-0.2, 0) is 4.79 Å². The molecule has 1 atom stereocenters. The van der Waals surface area contributed by atoms with Gasteiger partial charge < -0.3 is 10.4 Å². The third-order valence-electron chi connectivity index (χ3n) is 4.68. The molecule has 4 rings (SSSR count). The number of fused-ring (bicyclic) bond motifs is 2. The van der Waals surface area contributed by atoms with E-state index in [1.807, 2.05) is 36.4 Å². The molecule has 0 saturated carbocycles. The summed E-state index contributed by atoms with van der Waals surface area (Å²) in [6.07, 6.45) is 0.721. The van der Waals surface area contributed by atoms with Crippen molar-refractivity contribution in [1.82, 2.24) is 4.98 Å². The predicted octanol–water partition coefficient (Wildman–Crippen LogP) is 3.27. The van der Waals surface area contributed by atoms with Crippen LogP contribution >= 0.6 is 0 Å². The Bertz CT molecular complexity index is 1010. The average molecular weight is 346 g/mol. The lowest BCUT2D eigenvalue weighted by Gasteiger charge is -2.10. The summed E-state index contributed by atoms with van der Waals surface area (Å²) in [4.78, 5) is 29.5. The van der Waals surface area contributed by atoms with Crippen LogP contribution in [0.1, 0.15) is 40.4 Å². The van der Waals surface area contributed by atoms with Crippen LogP contribution in [0, 0.1) is 0 Å². The molecular formula is C21H18N2O3. The number of nitrogens with one attached hydrogen (secondary N) is 1. The molecule has 1 aromatic heterocycles. The van der Waals surface area contributed by atoms with Crippen molar-refractivity contribution in [2.45, 2.75) is 18.8 Å². The number of nitrogens with zero attached hydrogens (tertiary/aromatic N) is 1. The van der Waals surface area contributed by atoms with Gasteiger partial charge in [0.25, 0.3) is 0 Å². The molecule has 2 aromatic carbocycles. The van der Waals surface area contributed by atoms with Gasteiger partial charge in [-0.25, -0.2) is 0 Å². The number of aromatic nitrogens is 1. The van der Waals surface area contributed by atoms with Gasteiger partial charge in [-0.1, -0.05) is 24.3 Å². The molecule has 1 aliphatic heterocycles. The fourth-order valence-corrected chi connectivity index (χ4v) is 3.36. The van der Waals surface area contributed by atoms with E-state index in [-0.39, 0.29) is 24.7 Å². The molecule has 5 nitrogen and oxygen atoms in total. The Balaban J connectivity index is 1.74. The van der Waals surface area contributed by atoms with Crippen molar-refractivity contribution >= 4 is 28.3 Å². The Kier molecular flexibility index (Phi) is 4.22. The van der Waals surface area contributed by atoms with Gasteiger partial charge in [0.15, 0.2) is 5.78 Å². The number of benzene rings is 2. The number of hydrogen-bond acceptors (Lipinski definition) is 4. The minimum absolute atomic E-state index is 0.0135. The fourth-order valence-electron chi connectivity index (χ4n) is 3.36. The van der Waals surface area contributed by atoms with E-state index in [4.69, 9.17) is 5.11 Å². The maximum absolute atomic E-state index is 12.6. The lowest BCUT2D eigenvalue weighted by Crippen LogP contribution is -2.14. The number of hydrogen-bond donors (Lipinski definition) is 2. The average Bonchev–Trinajstić information content (AvgIpc) is 3.00. The van der Waals surface area contributed by atoms with Crippen LogP contribution in [0.3, 0.4) is 0 Å². The molecule has 5 heteroatoms. The Hall–Kier alpha value is -3.05. The number of aliphatic hydroxyl groups excluding tert-OH is 1. The number of anilines is 1. The number of amides is 1. The Morgan fingerprint density at radius 1 is 1.12 bits per heavy atom. The molecule has 0 bridgehead atoms. The van der Waals surface area contributed by atoms with Crippen molar-refractivity contribution in [3.63, 3.8) is 0 Å². The molecule has 0 radical (unpaired) electrons. The van der Waals surface area contributed by atoms with Gasteiger partial charge in [-0.2, -0.15) is 0 Å². The van der Waals surface area contributed by atoms with E-state index in [0.717, 1.165) is 16.5 Å². The van der Waals surface area contributed by atoms with Gasteiger partial charge in [-0.3, -0.25) is 14.6 Å². The first-order chi connectivity index (χ1) is 12.7. The van der Waals surface area contributed by atoms with E-state index in [2.05, 4.69) is 10.3 Å². The first-order valence-electron chi connectivity index (χ1n) is 8.62. The molecule has 130 valence electrons. The third kappa shape index (κ3) is 2.86. The summed E-state index contributed by atoms with van der Waals surface area (Å²) in [7, 11) is 0. The first-order valence-corrected chi connectivity index (χ1v) is 8.62. The second-order valence-electron chi connectivity index (χ2n) is 6.40. The van der Waals surface area contributed by atoms with Gasteiger partial charge in [0, 0.05) is 29.7 Å². The maximum atomic E-state index is 12.6. The van der Waals surface area contributed by atoms with Crippen LogP contribution < -0.4 is 5.32 Å². The van der Waals surface area contributed by atoms with Crippen molar-refractivity contribution in [2.24, 2.45) is 0 Å². The number of ketones is 1. The quantitative estimate of drug-likeness (QED) is 0.695. The monoisotopic (exact) mass is 346 g/mol. The van der Waals surface area contributed by atoms with Crippen LogP contribution in [0.25, 0.3) is 10.9 Å². The summed E-state index contributed by atoms with van der Waals surface area (Å²) >= 11 is 0. The molecule has 1 unspecified atom stereocenters. The molecule has 1 aliphatic rings. The summed E-state index contributed by atoms with van der Waals surface area (Å²) in [5, 5.41) is 12.8. The highest BCUT2D eigenvalue weighted by Gasteiger charge is 2.33. The topological polar surface area (TPSA) is 79.3 Å². The summed E-state index contributed by atoms with van der Waals surface area (Å²) in [6, 6.07) is 16.8. The minimum Gasteiger partial charge on any atom is -0.396 e. The van der Waals surface area contributed by atoms with Gasteiger partial charge in [-0.05, 0) is 42.3 Å². The Labute approximate surface area is 150 Å². The first kappa shape index (κ1) is 16.4. The molecule has 0 aliphatic carbocycles. The third-order valence-corrected chi connectivity index (χ3v) is 4.68. The van der Waals surface area contributed by atoms with E-state index < -0.39 is 5.92 Å². The fraction of sp³-hybridized carbons (Fsp3) is 0.190. The Morgan fingerprint density at radius 3 is 2.81 bits per heavy atom. The molecule has 2 heterocycles. The summed E-state index contributed by atoms with van der Waals surface area (Å²) in [5.41, 5.74) is 3.54. The predicted molar refractivity (Wildman–Crippen MR) is 99.3 cm³/mol. The lowest BCUT2D eigenvalue weighted by atomic mass is 9.93. The number of pyridine rings is 1. The van der Waals surface area contributed by atoms with Crippen molar-refractivity contribution in [1.29, 1.82) is 0 Å². The molecular weight excluding hydrogens is 328 g/mol. The van der Waals surface area contributed by atoms with Gasteiger partial charge >= 0.3 is 0 Å². The standard InChI is InChI=1S/C21H18N2O3/c24-11-3-6-19(25)14-8-9-17-15(12-14)20(21(26)23-17)18-10-7-13-4-1-2-5-16(13)22-18/h1-2,4-5,7-10,12,20,24H,3,6,11H2,(H,23,26). The van der Waals surface area contributed by atoms with Gasteiger partial charge in [-0.15, -0.1) is 0 Å². The molecule has 2 N–H and O–H groups in total. The number of carbonyl (C=O) groups is 2. The van der Waals surface area contributed by atoms with Gasteiger partial charge in [0.2, 0.25) is 5.91 Å². The summed E-state index contributed by atoms with van der Waals surface area (Å²) in [5.74, 6) is -0.700. The highest BCUT2D eigenvalue weighted by atomic mass is 16.3. The van der Waals surface area contributed by atoms with Crippen LogP contribution in [-0.4, -0.2) is 28.4 Å². The number of rotatable bonds is 5. The van der Waals surface area contributed by atoms with E-state index in [0.29, 0.717) is 23.4 Å². The van der Waals surface area contributed by atoms with E-state index in [1.54, 1.807) is 18.2 Å². The molecule has 0 saturated heterocycles. The van der Waals surface area contributed by atoms with Crippen LogP contribution in [0.5, 0.6) is 0 Å². The molecule has 26 heavy (non-hydrogen) atoms. The highest BCUT2D eigenvalue weighted by molar-refractivity contribution is 6.06. The van der Waals surface area contributed by atoms with Crippen molar-refractivity contribution in [2.75, 3.05) is 11.9 Å². The number of aliphatic hydroxyl groups is 1. The number of para-hydroxylation sites is 1. The second-order valence-corrected chi connectivity index (χ2v) is 6.40. The van der Waals surface area contributed by atoms with Crippen LogP contribution in [0.15, 0.2) is 54.6 Å². The molecule has 3 aromatic rings. The maximum Gasteiger partial charge on any atom is 0.238 e. The summed E-state index contributed by atoms with van der Waals surface area (Å²) < 4.78 is 0. The van der Waals surface area contributed by atoms with E-state index >= 15 is 0 Å². The highest BCUT2D eigenvalue weighted by Crippen LogP contribution is 2.37. The zero-order valence-corrected chi connectivity index (χ0v) is 14.1. The SMILES string of the molecule is O=C(CCCO)c1ccc2c(c1)C(c1ccc3ccccc3n1)C(=O)N2. The van der Waals surface area contributed by atoms with Gasteiger partial charge in [0.1, 0.15) is 5.92 Å². The van der Waals surface area contributed by atoms with Gasteiger partial charge in [0.05, 0.1) is 11.2 Å². The number of carbonyl (C=O) groups excluding carboxylic acids is 2. The molecule has 0 spiro atoms.